The van der Waals surface area contributed by atoms with Crippen molar-refractivity contribution in [1.29, 1.82) is 0 Å². The first-order valence-corrected chi connectivity index (χ1v) is 5.90. The fourth-order valence-corrected chi connectivity index (χ4v) is 1.56. The molecule has 0 bridgehead atoms. The third-order valence-corrected chi connectivity index (χ3v) is 2.98. The van der Waals surface area contributed by atoms with E-state index in [1.54, 1.807) is 37.3 Å². The molecule has 0 aliphatic heterocycles. The number of carbonyl (C=O) groups is 2. The predicted octanol–water partition coefficient (Wildman–Crippen LogP) is 1.82. The first-order valence-electron chi connectivity index (χ1n) is 5.90. The SMILES string of the molecule is CCOC(=O)[C@@](C)(O)[C@@H](C)C(=O)c1ccccc1. The molecular weight excluding hydrogens is 232 g/mol. The van der Waals surface area contributed by atoms with Crippen molar-refractivity contribution in [3.63, 3.8) is 0 Å². The molecule has 0 fully saturated rings. The van der Waals surface area contributed by atoms with Crippen molar-refractivity contribution in [2.75, 3.05) is 6.61 Å². The molecule has 98 valence electrons. The van der Waals surface area contributed by atoms with E-state index in [-0.39, 0.29) is 12.4 Å². The van der Waals surface area contributed by atoms with E-state index < -0.39 is 17.5 Å². The van der Waals surface area contributed by atoms with Crippen molar-refractivity contribution >= 4 is 11.8 Å². The largest absolute Gasteiger partial charge is 0.464 e. The summed E-state index contributed by atoms with van der Waals surface area (Å²) < 4.78 is 4.77. The molecule has 0 spiro atoms. The van der Waals surface area contributed by atoms with Crippen LogP contribution in [0.2, 0.25) is 0 Å². The maximum absolute atomic E-state index is 12.1. The van der Waals surface area contributed by atoms with Gasteiger partial charge in [-0.3, -0.25) is 4.79 Å². The lowest BCUT2D eigenvalue weighted by Crippen LogP contribution is -2.46. The van der Waals surface area contributed by atoms with Gasteiger partial charge in [-0.1, -0.05) is 37.3 Å². The van der Waals surface area contributed by atoms with Crippen LogP contribution in [0.1, 0.15) is 31.1 Å². The van der Waals surface area contributed by atoms with Gasteiger partial charge >= 0.3 is 5.97 Å². The fraction of sp³-hybridized carbons (Fsp3) is 0.429. The fourth-order valence-electron chi connectivity index (χ4n) is 1.56. The summed E-state index contributed by atoms with van der Waals surface area (Å²) >= 11 is 0. The van der Waals surface area contributed by atoms with Crippen LogP contribution in [0.25, 0.3) is 0 Å². The molecule has 4 heteroatoms. The van der Waals surface area contributed by atoms with Crippen LogP contribution in [0, 0.1) is 5.92 Å². The lowest BCUT2D eigenvalue weighted by atomic mass is 9.84. The van der Waals surface area contributed by atoms with Gasteiger partial charge in [-0.15, -0.1) is 0 Å². The molecule has 0 heterocycles. The number of Topliss-reactive ketones (excluding diaryl/α,β-unsaturated/α-hetero) is 1. The van der Waals surface area contributed by atoms with E-state index >= 15 is 0 Å². The maximum atomic E-state index is 12.1. The minimum absolute atomic E-state index is 0.168. The van der Waals surface area contributed by atoms with Crippen molar-refractivity contribution in [2.24, 2.45) is 5.92 Å². The summed E-state index contributed by atoms with van der Waals surface area (Å²) in [6.07, 6.45) is 0. The second-order valence-corrected chi connectivity index (χ2v) is 4.32. The average molecular weight is 250 g/mol. The molecule has 1 aromatic rings. The number of rotatable bonds is 5. The van der Waals surface area contributed by atoms with E-state index in [0.29, 0.717) is 5.56 Å². The molecule has 0 saturated heterocycles. The zero-order valence-electron chi connectivity index (χ0n) is 10.8. The molecule has 0 radical (unpaired) electrons. The van der Waals surface area contributed by atoms with Gasteiger partial charge in [0.05, 0.1) is 12.5 Å². The maximum Gasteiger partial charge on any atom is 0.338 e. The van der Waals surface area contributed by atoms with Crippen molar-refractivity contribution in [1.82, 2.24) is 0 Å². The van der Waals surface area contributed by atoms with Gasteiger partial charge in [0, 0.05) is 5.56 Å². The topological polar surface area (TPSA) is 63.6 Å². The van der Waals surface area contributed by atoms with Gasteiger partial charge in [-0.25, -0.2) is 4.79 Å². The summed E-state index contributed by atoms with van der Waals surface area (Å²) in [5.74, 6) is -1.92. The second kappa shape index (κ2) is 5.78. The quantitative estimate of drug-likeness (QED) is 0.639. The standard InChI is InChI=1S/C14H18O4/c1-4-18-13(16)14(3,17)10(2)12(15)11-8-6-5-7-9-11/h5-10,17H,4H2,1-3H3/t10-,14-/m0/s1. The number of hydrogen-bond acceptors (Lipinski definition) is 4. The highest BCUT2D eigenvalue weighted by molar-refractivity contribution is 6.01. The van der Waals surface area contributed by atoms with Crippen LogP contribution >= 0.6 is 0 Å². The number of carbonyl (C=O) groups excluding carboxylic acids is 2. The second-order valence-electron chi connectivity index (χ2n) is 4.32. The predicted molar refractivity (Wildman–Crippen MR) is 67.2 cm³/mol. The molecule has 0 aliphatic rings. The molecule has 1 rings (SSSR count). The third kappa shape index (κ3) is 2.96. The Balaban J connectivity index is 2.90. The summed E-state index contributed by atoms with van der Waals surface area (Å²) in [6, 6.07) is 8.57. The first-order chi connectivity index (χ1) is 8.41. The van der Waals surface area contributed by atoms with Crippen LogP contribution in [-0.4, -0.2) is 29.1 Å². The van der Waals surface area contributed by atoms with E-state index in [4.69, 9.17) is 4.74 Å². The average Bonchev–Trinajstić information content (AvgIpc) is 2.38. The monoisotopic (exact) mass is 250 g/mol. The normalized spacial score (nSPS) is 15.6. The number of aliphatic hydroxyl groups is 1. The van der Waals surface area contributed by atoms with Gasteiger partial charge in [0.1, 0.15) is 0 Å². The minimum Gasteiger partial charge on any atom is -0.464 e. The highest BCUT2D eigenvalue weighted by atomic mass is 16.5. The van der Waals surface area contributed by atoms with E-state index in [9.17, 15) is 14.7 Å². The summed E-state index contributed by atoms with van der Waals surface area (Å²) in [7, 11) is 0. The van der Waals surface area contributed by atoms with Gasteiger partial charge < -0.3 is 9.84 Å². The summed E-state index contributed by atoms with van der Waals surface area (Å²) in [5.41, 5.74) is -1.35. The molecular formula is C14H18O4. The van der Waals surface area contributed by atoms with Crippen LogP contribution < -0.4 is 0 Å². The van der Waals surface area contributed by atoms with Gasteiger partial charge in [-0.05, 0) is 13.8 Å². The lowest BCUT2D eigenvalue weighted by Gasteiger charge is -2.26. The van der Waals surface area contributed by atoms with Crippen LogP contribution in [0.15, 0.2) is 30.3 Å². The zero-order chi connectivity index (χ0) is 13.8. The Labute approximate surface area is 107 Å². The summed E-state index contributed by atoms with van der Waals surface area (Å²) in [6.45, 7) is 4.64. The zero-order valence-corrected chi connectivity index (χ0v) is 10.8. The summed E-state index contributed by atoms with van der Waals surface area (Å²) in [5, 5.41) is 10.1. The van der Waals surface area contributed by atoms with Crippen LogP contribution in [0.5, 0.6) is 0 Å². The van der Waals surface area contributed by atoms with Gasteiger partial charge in [0.25, 0.3) is 0 Å². The Morgan fingerprint density at radius 3 is 2.39 bits per heavy atom. The van der Waals surface area contributed by atoms with Crippen LogP contribution in [0.4, 0.5) is 0 Å². The number of hydrogen-bond donors (Lipinski definition) is 1. The van der Waals surface area contributed by atoms with Crippen LogP contribution in [-0.2, 0) is 9.53 Å². The number of benzene rings is 1. The number of ether oxygens (including phenoxy) is 1. The Bertz CT molecular complexity index is 423. The van der Waals surface area contributed by atoms with Crippen molar-refractivity contribution < 1.29 is 19.4 Å². The molecule has 4 nitrogen and oxygen atoms in total. The number of esters is 1. The van der Waals surface area contributed by atoms with Crippen molar-refractivity contribution in [2.45, 2.75) is 26.4 Å². The van der Waals surface area contributed by atoms with Gasteiger partial charge in [0.2, 0.25) is 0 Å². The highest BCUT2D eigenvalue weighted by Crippen LogP contribution is 2.23. The molecule has 0 aliphatic carbocycles. The van der Waals surface area contributed by atoms with E-state index in [0.717, 1.165) is 0 Å². The molecule has 0 unspecified atom stereocenters. The molecule has 1 N–H and O–H groups in total. The Hall–Kier alpha value is -1.68. The molecule has 1 aromatic carbocycles. The van der Waals surface area contributed by atoms with Crippen molar-refractivity contribution in [3.8, 4) is 0 Å². The Morgan fingerprint density at radius 2 is 1.89 bits per heavy atom. The first kappa shape index (κ1) is 14.4. The smallest absolute Gasteiger partial charge is 0.338 e. The Morgan fingerprint density at radius 1 is 1.33 bits per heavy atom. The molecule has 18 heavy (non-hydrogen) atoms. The Kier molecular flexibility index (Phi) is 4.62. The van der Waals surface area contributed by atoms with E-state index in [1.807, 2.05) is 0 Å². The summed E-state index contributed by atoms with van der Waals surface area (Å²) in [4.78, 5) is 23.7. The highest BCUT2D eigenvalue weighted by Gasteiger charge is 2.42. The molecule has 0 amide bonds. The minimum atomic E-state index is -1.82. The molecule has 0 aromatic heterocycles. The van der Waals surface area contributed by atoms with Crippen LogP contribution in [0.3, 0.4) is 0 Å². The van der Waals surface area contributed by atoms with Crippen molar-refractivity contribution in [3.05, 3.63) is 35.9 Å². The van der Waals surface area contributed by atoms with Gasteiger partial charge in [0.15, 0.2) is 11.4 Å². The lowest BCUT2D eigenvalue weighted by molar-refractivity contribution is -0.166. The molecule has 2 atom stereocenters. The number of ketones is 1. The van der Waals surface area contributed by atoms with E-state index in [1.165, 1.54) is 13.8 Å². The van der Waals surface area contributed by atoms with Gasteiger partial charge in [-0.2, -0.15) is 0 Å². The third-order valence-electron chi connectivity index (χ3n) is 2.98. The van der Waals surface area contributed by atoms with E-state index in [2.05, 4.69) is 0 Å². The molecule has 0 saturated carbocycles.